The van der Waals surface area contributed by atoms with Gasteiger partial charge in [-0.05, 0) is 6.42 Å². The van der Waals surface area contributed by atoms with E-state index >= 15 is 0 Å². The third-order valence-electron chi connectivity index (χ3n) is 1.67. The number of nitrogen functional groups attached to an aromatic ring is 1. The summed E-state index contributed by atoms with van der Waals surface area (Å²) in [4.78, 5) is 8.35. The summed E-state index contributed by atoms with van der Waals surface area (Å²) in [6.07, 6.45) is 6.83. The highest BCUT2D eigenvalue weighted by Gasteiger charge is 2.03. The van der Waals surface area contributed by atoms with Crippen molar-refractivity contribution in [3.63, 3.8) is 0 Å². The number of aromatic nitrogens is 2. The highest BCUT2D eigenvalue weighted by atomic mass is 16.5. The molecule has 0 atom stereocenters. The molecule has 1 heterocycles. The molecule has 15 heavy (non-hydrogen) atoms. The number of ether oxygens (including phenoxy) is 1. The van der Waals surface area contributed by atoms with Crippen molar-refractivity contribution in [2.45, 2.75) is 19.8 Å². The van der Waals surface area contributed by atoms with Crippen molar-refractivity contribution in [1.29, 1.82) is 0 Å². The van der Waals surface area contributed by atoms with E-state index in [0.717, 1.165) is 12.8 Å². The normalized spacial score (nSPS) is 9.40. The molecule has 0 amide bonds. The zero-order valence-electron chi connectivity index (χ0n) is 8.66. The summed E-state index contributed by atoms with van der Waals surface area (Å²) in [5.74, 6) is 9.31. The van der Waals surface area contributed by atoms with Crippen LogP contribution in [0.15, 0.2) is 6.07 Å². The maximum absolute atomic E-state index is 5.28. The lowest BCUT2D eigenvalue weighted by Gasteiger charge is -2.06. The quantitative estimate of drug-likeness (QED) is 0.422. The van der Waals surface area contributed by atoms with E-state index in [1.165, 1.54) is 0 Å². The average molecular weight is 206 g/mol. The molecule has 0 saturated heterocycles. The molecule has 0 radical (unpaired) electrons. The second-order valence-electron chi connectivity index (χ2n) is 2.89. The SMILES string of the molecule is C#CCOc1cc(NN)nc(CCC)n1. The standard InChI is InChI=1S/C10H14N4O/c1-3-5-8-12-9(14-11)7-10(13-8)15-6-4-2/h2,7H,3,5-6,11H2,1H3,(H,12,13,14). The Balaban J connectivity index is 2.85. The molecule has 0 aliphatic heterocycles. The summed E-state index contributed by atoms with van der Waals surface area (Å²) in [6.45, 7) is 2.24. The molecule has 0 aliphatic carbocycles. The van der Waals surface area contributed by atoms with E-state index in [0.29, 0.717) is 17.5 Å². The highest BCUT2D eigenvalue weighted by Crippen LogP contribution is 2.13. The first-order valence-electron chi connectivity index (χ1n) is 4.71. The molecule has 0 bridgehead atoms. The summed E-state index contributed by atoms with van der Waals surface area (Å²) >= 11 is 0. The summed E-state index contributed by atoms with van der Waals surface area (Å²) in [5, 5.41) is 0. The van der Waals surface area contributed by atoms with Crippen LogP contribution in [0.1, 0.15) is 19.2 Å². The van der Waals surface area contributed by atoms with Crippen molar-refractivity contribution >= 4 is 5.82 Å². The Morgan fingerprint density at radius 1 is 1.60 bits per heavy atom. The maximum Gasteiger partial charge on any atom is 0.219 e. The Hall–Kier alpha value is -1.80. The van der Waals surface area contributed by atoms with Gasteiger partial charge in [-0.25, -0.2) is 10.8 Å². The van der Waals surface area contributed by atoms with Crippen LogP contribution in [-0.4, -0.2) is 16.6 Å². The van der Waals surface area contributed by atoms with E-state index in [-0.39, 0.29) is 6.61 Å². The van der Waals surface area contributed by atoms with Crippen LogP contribution in [0.2, 0.25) is 0 Å². The van der Waals surface area contributed by atoms with Crippen LogP contribution in [0.4, 0.5) is 5.82 Å². The van der Waals surface area contributed by atoms with Crippen LogP contribution in [0, 0.1) is 12.3 Å². The van der Waals surface area contributed by atoms with Crippen LogP contribution < -0.4 is 16.0 Å². The number of aryl methyl sites for hydroxylation is 1. The molecule has 1 aromatic heterocycles. The molecule has 0 fully saturated rings. The molecule has 0 spiro atoms. The number of nitrogens with two attached hydrogens (primary N) is 1. The summed E-state index contributed by atoms with van der Waals surface area (Å²) in [6, 6.07) is 1.61. The molecule has 5 heteroatoms. The number of rotatable bonds is 5. The first-order valence-corrected chi connectivity index (χ1v) is 4.71. The van der Waals surface area contributed by atoms with E-state index in [4.69, 9.17) is 17.0 Å². The second-order valence-corrected chi connectivity index (χ2v) is 2.89. The number of nitrogens with one attached hydrogen (secondary N) is 1. The lowest BCUT2D eigenvalue weighted by molar-refractivity contribution is 0.353. The minimum absolute atomic E-state index is 0.187. The van der Waals surface area contributed by atoms with Crippen LogP contribution >= 0.6 is 0 Å². The van der Waals surface area contributed by atoms with Gasteiger partial charge in [-0.15, -0.1) is 6.42 Å². The second kappa shape index (κ2) is 5.83. The Labute approximate surface area is 89.0 Å². The van der Waals surface area contributed by atoms with E-state index < -0.39 is 0 Å². The fourth-order valence-electron chi connectivity index (χ4n) is 1.07. The number of anilines is 1. The fraction of sp³-hybridized carbons (Fsp3) is 0.400. The minimum atomic E-state index is 0.187. The summed E-state index contributed by atoms with van der Waals surface area (Å²) < 4.78 is 5.20. The summed E-state index contributed by atoms with van der Waals surface area (Å²) in [7, 11) is 0. The van der Waals surface area contributed by atoms with E-state index in [9.17, 15) is 0 Å². The van der Waals surface area contributed by atoms with Gasteiger partial charge in [0.2, 0.25) is 5.88 Å². The third-order valence-corrected chi connectivity index (χ3v) is 1.67. The molecule has 0 aliphatic rings. The van der Waals surface area contributed by atoms with E-state index in [1.807, 2.05) is 6.92 Å². The zero-order chi connectivity index (χ0) is 11.1. The number of terminal acetylenes is 1. The van der Waals surface area contributed by atoms with Crippen molar-refractivity contribution in [3.05, 3.63) is 11.9 Å². The van der Waals surface area contributed by atoms with Crippen LogP contribution in [-0.2, 0) is 6.42 Å². The van der Waals surface area contributed by atoms with Gasteiger partial charge < -0.3 is 10.2 Å². The van der Waals surface area contributed by atoms with Crippen LogP contribution in [0.25, 0.3) is 0 Å². The molecular formula is C10H14N4O. The monoisotopic (exact) mass is 206 g/mol. The smallest absolute Gasteiger partial charge is 0.219 e. The number of hydrazine groups is 1. The van der Waals surface area contributed by atoms with Crippen molar-refractivity contribution < 1.29 is 4.74 Å². The van der Waals surface area contributed by atoms with Gasteiger partial charge in [0, 0.05) is 12.5 Å². The predicted molar refractivity (Wildman–Crippen MR) is 58.2 cm³/mol. The largest absolute Gasteiger partial charge is 0.464 e. The van der Waals surface area contributed by atoms with Gasteiger partial charge in [0.25, 0.3) is 0 Å². The first kappa shape index (κ1) is 11.3. The van der Waals surface area contributed by atoms with Crippen LogP contribution in [0.3, 0.4) is 0 Å². The first-order chi connectivity index (χ1) is 7.30. The van der Waals surface area contributed by atoms with Gasteiger partial charge >= 0.3 is 0 Å². The van der Waals surface area contributed by atoms with Crippen molar-refractivity contribution in [1.82, 2.24) is 9.97 Å². The molecule has 0 unspecified atom stereocenters. The van der Waals surface area contributed by atoms with Gasteiger partial charge in [-0.3, -0.25) is 0 Å². The molecule has 1 rings (SSSR count). The predicted octanol–water partition coefficient (Wildman–Crippen LogP) is 0.727. The Morgan fingerprint density at radius 3 is 3.00 bits per heavy atom. The average Bonchev–Trinajstić information content (AvgIpc) is 2.26. The number of hydrogen-bond acceptors (Lipinski definition) is 5. The van der Waals surface area contributed by atoms with Gasteiger partial charge in [0.15, 0.2) is 6.61 Å². The van der Waals surface area contributed by atoms with Gasteiger partial charge in [-0.1, -0.05) is 12.8 Å². The molecule has 0 aromatic carbocycles. The van der Waals surface area contributed by atoms with E-state index in [2.05, 4.69) is 21.3 Å². The highest BCUT2D eigenvalue weighted by molar-refractivity contribution is 5.37. The fourth-order valence-corrected chi connectivity index (χ4v) is 1.07. The van der Waals surface area contributed by atoms with Gasteiger partial charge in [0.05, 0.1) is 0 Å². The molecule has 5 nitrogen and oxygen atoms in total. The molecule has 80 valence electrons. The van der Waals surface area contributed by atoms with Crippen molar-refractivity contribution in [3.8, 4) is 18.2 Å². The maximum atomic E-state index is 5.28. The van der Waals surface area contributed by atoms with Gasteiger partial charge in [-0.2, -0.15) is 4.98 Å². The molecule has 1 aromatic rings. The minimum Gasteiger partial charge on any atom is -0.464 e. The lowest BCUT2D eigenvalue weighted by Crippen LogP contribution is -2.11. The van der Waals surface area contributed by atoms with Gasteiger partial charge in [0.1, 0.15) is 11.6 Å². The van der Waals surface area contributed by atoms with E-state index in [1.54, 1.807) is 6.07 Å². The topological polar surface area (TPSA) is 73.1 Å². The van der Waals surface area contributed by atoms with Crippen LogP contribution in [0.5, 0.6) is 5.88 Å². The number of nitrogens with zero attached hydrogens (tertiary/aromatic N) is 2. The lowest BCUT2D eigenvalue weighted by atomic mass is 10.3. The number of hydrogen-bond donors (Lipinski definition) is 2. The molecular weight excluding hydrogens is 192 g/mol. The third kappa shape index (κ3) is 3.44. The molecule has 0 saturated carbocycles. The Kier molecular flexibility index (Phi) is 4.38. The van der Waals surface area contributed by atoms with Crippen molar-refractivity contribution in [2.75, 3.05) is 12.0 Å². The van der Waals surface area contributed by atoms with Crippen molar-refractivity contribution in [2.24, 2.45) is 5.84 Å². The Morgan fingerprint density at radius 2 is 2.40 bits per heavy atom. The summed E-state index contributed by atoms with van der Waals surface area (Å²) in [5.41, 5.74) is 2.46. The molecule has 3 N–H and O–H groups in total. The Bertz CT molecular complexity index is 359. The zero-order valence-corrected chi connectivity index (χ0v) is 8.66.